The Kier molecular flexibility index (Phi) is 7.35. The van der Waals surface area contributed by atoms with Gasteiger partial charge in [-0.25, -0.2) is 0 Å². The molecule has 2 heteroatoms. The van der Waals surface area contributed by atoms with Gasteiger partial charge in [0.05, 0.1) is 0 Å². The van der Waals surface area contributed by atoms with Crippen molar-refractivity contribution in [3.8, 4) is 0 Å². The fraction of sp³-hybridized carbons (Fsp3) is 0.571. The molecule has 0 aliphatic rings. The molecular weight excluding hydrogens is 214 g/mol. The van der Waals surface area contributed by atoms with Gasteiger partial charge in [0.15, 0.2) is 0 Å². The van der Waals surface area contributed by atoms with Crippen molar-refractivity contribution >= 4 is 11.8 Å². The van der Waals surface area contributed by atoms with Crippen LogP contribution in [-0.2, 0) is 6.42 Å². The summed E-state index contributed by atoms with van der Waals surface area (Å²) in [7, 11) is 0. The van der Waals surface area contributed by atoms with Gasteiger partial charge in [-0.15, -0.1) is 0 Å². The first-order valence-electron chi connectivity index (χ1n) is 6.18. The van der Waals surface area contributed by atoms with Crippen LogP contribution in [0.2, 0.25) is 0 Å². The molecule has 0 radical (unpaired) electrons. The average Bonchev–Trinajstić information content (AvgIpc) is 2.34. The predicted octanol–water partition coefficient (Wildman–Crippen LogP) is 3.34. The highest BCUT2D eigenvalue weighted by Crippen LogP contribution is 2.15. The Bertz CT molecular complexity index is 261. The Labute approximate surface area is 104 Å². The highest BCUT2D eigenvalue weighted by atomic mass is 32.2. The Morgan fingerprint density at radius 1 is 1.25 bits per heavy atom. The molecule has 1 nitrogen and oxygen atoms in total. The summed E-state index contributed by atoms with van der Waals surface area (Å²) in [5, 5.41) is 0. The minimum absolute atomic E-state index is 0.653. The molecule has 2 N–H and O–H groups in total. The van der Waals surface area contributed by atoms with Gasteiger partial charge in [-0.2, -0.15) is 11.8 Å². The molecule has 0 saturated heterocycles. The molecular formula is C14H23NS. The van der Waals surface area contributed by atoms with Crippen LogP contribution in [0.5, 0.6) is 0 Å². The highest BCUT2D eigenvalue weighted by molar-refractivity contribution is 7.99. The number of hydrogen-bond donors (Lipinski definition) is 1. The lowest BCUT2D eigenvalue weighted by Crippen LogP contribution is -2.17. The summed E-state index contributed by atoms with van der Waals surface area (Å²) in [4.78, 5) is 0. The van der Waals surface area contributed by atoms with E-state index in [4.69, 9.17) is 5.73 Å². The maximum absolute atomic E-state index is 5.83. The molecule has 16 heavy (non-hydrogen) atoms. The van der Waals surface area contributed by atoms with Crippen molar-refractivity contribution in [2.75, 3.05) is 18.1 Å². The van der Waals surface area contributed by atoms with E-state index < -0.39 is 0 Å². The molecule has 1 rings (SSSR count). The fourth-order valence-electron chi connectivity index (χ4n) is 1.87. The average molecular weight is 237 g/mol. The lowest BCUT2D eigenvalue weighted by Gasteiger charge is -2.14. The van der Waals surface area contributed by atoms with Gasteiger partial charge in [0.2, 0.25) is 0 Å². The minimum Gasteiger partial charge on any atom is -0.330 e. The summed E-state index contributed by atoms with van der Waals surface area (Å²) >= 11 is 2.03. The van der Waals surface area contributed by atoms with Crippen molar-refractivity contribution in [1.29, 1.82) is 0 Å². The SMILES string of the molecule is CCSCCCC(CN)Cc1ccccc1. The molecule has 0 aliphatic carbocycles. The van der Waals surface area contributed by atoms with Crippen LogP contribution in [0.3, 0.4) is 0 Å². The van der Waals surface area contributed by atoms with Crippen LogP contribution in [0, 0.1) is 5.92 Å². The van der Waals surface area contributed by atoms with E-state index in [-0.39, 0.29) is 0 Å². The van der Waals surface area contributed by atoms with Crippen molar-refractivity contribution < 1.29 is 0 Å². The molecule has 0 aromatic heterocycles. The van der Waals surface area contributed by atoms with Gasteiger partial charge in [0, 0.05) is 0 Å². The zero-order valence-electron chi connectivity index (χ0n) is 10.2. The van der Waals surface area contributed by atoms with Crippen LogP contribution in [0.25, 0.3) is 0 Å². The first-order chi connectivity index (χ1) is 7.86. The third-order valence-electron chi connectivity index (χ3n) is 2.81. The molecule has 1 atom stereocenters. The van der Waals surface area contributed by atoms with E-state index in [9.17, 15) is 0 Å². The monoisotopic (exact) mass is 237 g/mol. The van der Waals surface area contributed by atoms with E-state index in [1.54, 1.807) is 0 Å². The second kappa shape index (κ2) is 8.66. The first kappa shape index (κ1) is 13.6. The molecule has 0 amide bonds. The molecule has 0 spiro atoms. The smallest absolute Gasteiger partial charge is 0.00457 e. The zero-order valence-corrected chi connectivity index (χ0v) is 11.0. The molecule has 1 aromatic rings. The molecule has 0 aliphatic heterocycles. The van der Waals surface area contributed by atoms with Crippen molar-refractivity contribution in [1.82, 2.24) is 0 Å². The van der Waals surface area contributed by atoms with E-state index in [1.165, 1.54) is 29.9 Å². The molecule has 90 valence electrons. The maximum Gasteiger partial charge on any atom is -0.00457 e. The van der Waals surface area contributed by atoms with Crippen molar-refractivity contribution in [3.63, 3.8) is 0 Å². The van der Waals surface area contributed by atoms with Crippen molar-refractivity contribution in [2.45, 2.75) is 26.2 Å². The minimum atomic E-state index is 0.653. The third kappa shape index (κ3) is 5.57. The van der Waals surface area contributed by atoms with Gasteiger partial charge in [-0.05, 0) is 48.8 Å². The Hall–Kier alpha value is -0.470. The molecule has 0 saturated carbocycles. The lowest BCUT2D eigenvalue weighted by molar-refractivity contribution is 0.489. The van der Waals surface area contributed by atoms with Gasteiger partial charge < -0.3 is 5.73 Å². The predicted molar refractivity (Wildman–Crippen MR) is 74.9 cm³/mol. The standard InChI is InChI=1S/C14H23NS/c1-2-16-10-6-9-14(12-15)11-13-7-4-3-5-8-13/h3-5,7-8,14H,2,6,9-12,15H2,1H3. The van der Waals surface area contributed by atoms with Gasteiger partial charge in [-0.3, -0.25) is 0 Å². The summed E-state index contributed by atoms with van der Waals surface area (Å²) in [6, 6.07) is 10.7. The Balaban J connectivity index is 2.26. The topological polar surface area (TPSA) is 26.0 Å². The number of thioether (sulfide) groups is 1. The van der Waals surface area contributed by atoms with Crippen LogP contribution in [0.1, 0.15) is 25.3 Å². The molecule has 1 aromatic carbocycles. The van der Waals surface area contributed by atoms with Crippen LogP contribution in [-0.4, -0.2) is 18.1 Å². The van der Waals surface area contributed by atoms with Gasteiger partial charge in [0.1, 0.15) is 0 Å². The summed E-state index contributed by atoms with van der Waals surface area (Å²) in [5.41, 5.74) is 7.25. The van der Waals surface area contributed by atoms with Gasteiger partial charge in [0.25, 0.3) is 0 Å². The number of benzene rings is 1. The lowest BCUT2D eigenvalue weighted by atomic mass is 9.95. The summed E-state index contributed by atoms with van der Waals surface area (Å²) < 4.78 is 0. The van der Waals surface area contributed by atoms with Crippen molar-refractivity contribution in [2.24, 2.45) is 11.7 Å². The first-order valence-corrected chi connectivity index (χ1v) is 7.34. The third-order valence-corrected chi connectivity index (χ3v) is 3.79. The molecule has 1 unspecified atom stereocenters. The molecule has 0 fully saturated rings. The number of rotatable bonds is 8. The fourth-order valence-corrected chi connectivity index (χ4v) is 2.53. The number of nitrogens with two attached hydrogens (primary N) is 1. The quantitative estimate of drug-likeness (QED) is 0.702. The summed E-state index contributed by atoms with van der Waals surface area (Å²) in [6.45, 7) is 3.03. The van der Waals surface area contributed by atoms with E-state index in [2.05, 4.69) is 37.3 Å². The largest absolute Gasteiger partial charge is 0.330 e. The van der Waals surface area contributed by atoms with E-state index in [0.29, 0.717) is 5.92 Å². The van der Waals surface area contributed by atoms with E-state index in [1.807, 2.05) is 11.8 Å². The second-order valence-electron chi connectivity index (χ2n) is 4.13. The molecule has 0 bridgehead atoms. The van der Waals surface area contributed by atoms with Crippen LogP contribution >= 0.6 is 11.8 Å². The van der Waals surface area contributed by atoms with Gasteiger partial charge in [-0.1, -0.05) is 37.3 Å². The van der Waals surface area contributed by atoms with E-state index >= 15 is 0 Å². The van der Waals surface area contributed by atoms with Crippen LogP contribution < -0.4 is 5.73 Å². The van der Waals surface area contributed by atoms with Gasteiger partial charge >= 0.3 is 0 Å². The van der Waals surface area contributed by atoms with Crippen LogP contribution in [0.15, 0.2) is 30.3 Å². The normalized spacial score (nSPS) is 12.6. The zero-order chi connectivity index (χ0) is 11.6. The van der Waals surface area contributed by atoms with E-state index in [0.717, 1.165) is 13.0 Å². The Morgan fingerprint density at radius 2 is 2.00 bits per heavy atom. The molecule has 0 heterocycles. The Morgan fingerprint density at radius 3 is 2.62 bits per heavy atom. The summed E-state index contributed by atoms with van der Waals surface area (Å²) in [5.74, 6) is 3.16. The van der Waals surface area contributed by atoms with Crippen LogP contribution in [0.4, 0.5) is 0 Å². The highest BCUT2D eigenvalue weighted by Gasteiger charge is 2.07. The summed E-state index contributed by atoms with van der Waals surface area (Å²) in [6.07, 6.45) is 3.69. The maximum atomic E-state index is 5.83. The number of hydrogen-bond acceptors (Lipinski definition) is 2. The second-order valence-corrected chi connectivity index (χ2v) is 5.52. The van der Waals surface area contributed by atoms with Crippen molar-refractivity contribution in [3.05, 3.63) is 35.9 Å².